The maximum atomic E-state index is 13.1. The van der Waals surface area contributed by atoms with Crippen molar-refractivity contribution in [3.8, 4) is 0 Å². The highest BCUT2D eigenvalue weighted by Crippen LogP contribution is 2.38. The number of hydrogen-bond acceptors (Lipinski definition) is 5. The third-order valence-electron chi connectivity index (χ3n) is 5.68. The first-order chi connectivity index (χ1) is 12.8. The average Bonchev–Trinajstić information content (AvgIpc) is 2.82. The second-order valence-corrected chi connectivity index (χ2v) is 7.37. The van der Waals surface area contributed by atoms with Crippen LogP contribution in [-0.2, 0) is 14.3 Å². The fraction of sp³-hybridized carbons (Fsp3) is 0.667. The van der Waals surface area contributed by atoms with E-state index in [1.165, 1.54) is 0 Å². The Balaban J connectivity index is 1.90. The van der Waals surface area contributed by atoms with Crippen LogP contribution in [0.3, 0.4) is 0 Å². The molecule has 9 nitrogen and oxygen atoms in total. The number of nitrogens with one attached hydrogen (secondary N) is 3. The van der Waals surface area contributed by atoms with Gasteiger partial charge in [-0.15, -0.1) is 0 Å². The van der Waals surface area contributed by atoms with Crippen molar-refractivity contribution in [3.63, 3.8) is 0 Å². The first kappa shape index (κ1) is 19.2. The van der Waals surface area contributed by atoms with Crippen molar-refractivity contribution in [2.45, 2.75) is 58.0 Å². The quantitative estimate of drug-likeness (QED) is 0.498. The molecule has 1 spiro atoms. The number of nitrogens with zero attached hydrogens (tertiary/aromatic N) is 1. The van der Waals surface area contributed by atoms with E-state index < -0.39 is 29.6 Å². The van der Waals surface area contributed by atoms with Gasteiger partial charge in [0.2, 0.25) is 0 Å². The van der Waals surface area contributed by atoms with Gasteiger partial charge >= 0.3 is 18.0 Å². The molecule has 5 amide bonds. The SMILES string of the molecule is CCOC(=O)C1=C(CN2C(=O)N[C@]3(CCCC[C@@H]3C)C2=O)NC(=O)N[C@@H]1C. The molecule has 0 unspecified atom stereocenters. The number of ether oxygens (including phenoxy) is 1. The summed E-state index contributed by atoms with van der Waals surface area (Å²) in [7, 11) is 0. The first-order valence-electron chi connectivity index (χ1n) is 9.42. The van der Waals surface area contributed by atoms with Crippen LogP contribution in [0, 0.1) is 5.92 Å². The minimum atomic E-state index is -0.886. The smallest absolute Gasteiger partial charge is 0.337 e. The van der Waals surface area contributed by atoms with Gasteiger partial charge < -0.3 is 20.7 Å². The normalized spacial score (nSPS) is 30.9. The van der Waals surface area contributed by atoms with Crippen LogP contribution in [0.15, 0.2) is 11.3 Å². The molecule has 3 N–H and O–H groups in total. The van der Waals surface area contributed by atoms with E-state index in [2.05, 4.69) is 16.0 Å². The monoisotopic (exact) mass is 378 g/mol. The Morgan fingerprint density at radius 2 is 2.00 bits per heavy atom. The molecule has 3 aliphatic rings. The number of esters is 1. The summed E-state index contributed by atoms with van der Waals surface area (Å²) in [6.07, 6.45) is 3.37. The van der Waals surface area contributed by atoms with E-state index in [0.717, 1.165) is 24.2 Å². The fourth-order valence-electron chi connectivity index (χ4n) is 4.20. The van der Waals surface area contributed by atoms with Gasteiger partial charge in [-0.05, 0) is 32.6 Å². The van der Waals surface area contributed by atoms with E-state index >= 15 is 0 Å². The highest BCUT2D eigenvalue weighted by Gasteiger charge is 2.55. The van der Waals surface area contributed by atoms with Crippen molar-refractivity contribution in [1.82, 2.24) is 20.9 Å². The van der Waals surface area contributed by atoms with Crippen molar-refractivity contribution >= 4 is 23.9 Å². The topological polar surface area (TPSA) is 117 Å². The molecule has 3 rings (SSSR count). The van der Waals surface area contributed by atoms with Gasteiger partial charge in [0.15, 0.2) is 0 Å². The van der Waals surface area contributed by atoms with Crippen molar-refractivity contribution in [3.05, 3.63) is 11.3 Å². The molecule has 27 heavy (non-hydrogen) atoms. The number of urea groups is 2. The lowest BCUT2D eigenvalue weighted by Crippen LogP contribution is -2.54. The molecular formula is C18H26N4O5. The lowest BCUT2D eigenvalue weighted by atomic mass is 9.73. The third kappa shape index (κ3) is 3.26. The van der Waals surface area contributed by atoms with Crippen LogP contribution in [0.5, 0.6) is 0 Å². The van der Waals surface area contributed by atoms with Crippen molar-refractivity contribution in [2.75, 3.05) is 13.2 Å². The van der Waals surface area contributed by atoms with Gasteiger partial charge in [0.1, 0.15) is 5.54 Å². The van der Waals surface area contributed by atoms with E-state index in [-0.39, 0.29) is 36.2 Å². The van der Waals surface area contributed by atoms with Gasteiger partial charge in [-0.2, -0.15) is 0 Å². The van der Waals surface area contributed by atoms with Crippen molar-refractivity contribution in [2.24, 2.45) is 5.92 Å². The molecule has 148 valence electrons. The Bertz CT molecular complexity index is 719. The summed E-state index contributed by atoms with van der Waals surface area (Å²) in [6.45, 7) is 5.31. The van der Waals surface area contributed by atoms with Gasteiger partial charge in [0, 0.05) is 0 Å². The molecule has 0 aromatic heterocycles. The second kappa shape index (κ2) is 7.21. The van der Waals surface area contributed by atoms with Crippen LogP contribution in [0.2, 0.25) is 0 Å². The van der Waals surface area contributed by atoms with Gasteiger partial charge in [0.05, 0.1) is 30.5 Å². The van der Waals surface area contributed by atoms with Gasteiger partial charge in [-0.3, -0.25) is 9.69 Å². The Kier molecular flexibility index (Phi) is 5.12. The number of rotatable bonds is 4. The number of hydrogen-bond donors (Lipinski definition) is 3. The molecule has 2 heterocycles. The summed E-state index contributed by atoms with van der Waals surface area (Å²) in [5.74, 6) is -0.844. The van der Waals surface area contributed by atoms with E-state index in [1.54, 1.807) is 13.8 Å². The molecule has 0 aromatic carbocycles. The number of imide groups is 1. The predicted molar refractivity (Wildman–Crippen MR) is 95.4 cm³/mol. The highest BCUT2D eigenvalue weighted by atomic mass is 16.5. The largest absolute Gasteiger partial charge is 0.463 e. The Morgan fingerprint density at radius 3 is 2.67 bits per heavy atom. The Morgan fingerprint density at radius 1 is 1.26 bits per heavy atom. The first-order valence-corrected chi connectivity index (χ1v) is 9.42. The molecule has 1 aliphatic carbocycles. The predicted octanol–water partition coefficient (Wildman–Crippen LogP) is 1.01. The van der Waals surface area contributed by atoms with E-state index in [1.807, 2.05) is 6.92 Å². The maximum Gasteiger partial charge on any atom is 0.337 e. The van der Waals surface area contributed by atoms with Crippen LogP contribution >= 0.6 is 0 Å². The molecule has 2 aliphatic heterocycles. The summed E-state index contributed by atoms with van der Waals surface area (Å²) < 4.78 is 5.07. The summed E-state index contributed by atoms with van der Waals surface area (Å²) in [5, 5.41) is 8.03. The molecule has 0 aromatic rings. The number of amides is 5. The zero-order chi connectivity index (χ0) is 19.8. The fourth-order valence-corrected chi connectivity index (χ4v) is 4.20. The van der Waals surface area contributed by atoms with Crippen LogP contribution < -0.4 is 16.0 Å². The van der Waals surface area contributed by atoms with E-state index in [9.17, 15) is 19.2 Å². The molecule has 0 radical (unpaired) electrons. The van der Waals surface area contributed by atoms with Crippen molar-refractivity contribution in [1.29, 1.82) is 0 Å². The van der Waals surface area contributed by atoms with E-state index in [0.29, 0.717) is 6.42 Å². The summed E-state index contributed by atoms with van der Waals surface area (Å²) >= 11 is 0. The van der Waals surface area contributed by atoms with E-state index in [4.69, 9.17) is 4.74 Å². The van der Waals surface area contributed by atoms with Gasteiger partial charge in [0.25, 0.3) is 5.91 Å². The zero-order valence-corrected chi connectivity index (χ0v) is 15.9. The van der Waals surface area contributed by atoms with Crippen LogP contribution in [-0.4, -0.2) is 53.6 Å². The number of carbonyl (C=O) groups excluding carboxylic acids is 4. The standard InChI is InChI=1S/C18H26N4O5/c1-4-27-14(23)13-11(3)19-16(25)20-12(13)9-22-15(24)18(21-17(22)26)8-6-5-7-10(18)2/h10-11H,4-9H2,1-3H3,(H,21,26)(H2,19,20,25)/t10-,11+,18-/m0/s1. The number of carbonyl (C=O) groups is 4. The van der Waals surface area contributed by atoms with Crippen LogP contribution in [0.1, 0.15) is 46.5 Å². The minimum absolute atomic E-state index is 0.0349. The molecule has 3 atom stereocenters. The summed E-state index contributed by atoms with van der Waals surface area (Å²) in [6, 6.07) is -1.57. The molecule has 2 fully saturated rings. The van der Waals surface area contributed by atoms with Crippen LogP contribution in [0.4, 0.5) is 9.59 Å². The summed E-state index contributed by atoms with van der Waals surface area (Å²) in [5.41, 5.74) is -0.453. The molecule has 1 saturated carbocycles. The molecule has 0 bridgehead atoms. The van der Waals surface area contributed by atoms with Gasteiger partial charge in [-0.25, -0.2) is 14.4 Å². The van der Waals surface area contributed by atoms with Crippen molar-refractivity contribution < 1.29 is 23.9 Å². The Labute approximate surface area is 157 Å². The highest BCUT2D eigenvalue weighted by molar-refractivity contribution is 6.07. The molecule has 1 saturated heterocycles. The lowest BCUT2D eigenvalue weighted by molar-refractivity contribution is -0.139. The third-order valence-corrected chi connectivity index (χ3v) is 5.68. The summed E-state index contributed by atoms with van der Waals surface area (Å²) in [4.78, 5) is 51.0. The molecular weight excluding hydrogens is 352 g/mol. The maximum absolute atomic E-state index is 13.1. The average molecular weight is 378 g/mol. The zero-order valence-electron chi connectivity index (χ0n) is 15.9. The minimum Gasteiger partial charge on any atom is -0.463 e. The lowest BCUT2D eigenvalue weighted by Gasteiger charge is -2.37. The molecule has 9 heteroatoms. The second-order valence-electron chi connectivity index (χ2n) is 7.37. The Hall–Kier alpha value is -2.58. The van der Waals surface area contributed by atoms with Gasteiger partial charge in [-0.1, -0.05) is 19.8 Å². The van der Waals surface area contributed by atoms with Crippen LogP contribution in [0.25, 0.3) is 0 Å².